The highest BCUT2D eigenvalue weighted by Gasteiger charge is 2.39. The zero-order valence-electron chi connectivity index (χ0n) is 13.5. The molecule has 2 aliphatic heterocycles. The van der Waals surface area contributed by atoms with Crippen molar-refractivity contribution in [1.82, 2.24) is 19.3 Å². The lowest BCUT2D eigenvalue weighted by Crippen LogP contribution is -2.44. The second kappa shape index (κ2) is 6.60. The third-order valence-corrected chi connectivity index (χ3v) is 6.20. The van der Waals surface area contributed by atoms with Crippen molar-refractivity contribution in [1.29, 1.82) is 0 Å². The molecule has 1 aromatic rings. The molecule has 2 amide bonds. The molecule has 1 atom stereocenters. The minimum absolute atomic E-state index is 0.105. The van der Waals surface area contributed by atoms with Gasteiger partial charge in [-0.15, -0.1) is 0 Å². The van der Waals surface area contributed by atoms with Crippen molar-refractivity contribution in [3.8, 4) is 0 Å². The van der Waals surface area contributed by atoms with E-state index in [4.69, 9.17) is 4.52 Å². The molecule has 2 fully saturated rings. The monoisotopic (exact) mass is 356 g/mol. The zero-order valence-corrected chi connectivity index (χ0v) is 14.3. The number of piperidine rings is 1. The fourth-order valence-electron chi connectivity index (χ4n) is 3.14. The number of nitrogens with zero attached hydrogens (tertiary/aromatic N) is 4. The Balaban J connectivity index is 1.70. The van der Waals surface area contributed by atoms with Crippen molar-refractivity contribution >= 4 is 21.8 Å². The summed E-state index contributed by atoms with van der Waals surface area (Å²) in [6.45, 7) is 1.94. The molecule has 0 spiro atoms. The summed E-state index contributed by atoms with van der Waals surface area (Å²) < 4.78 is 31.8. The third-order valence-electron chi connectivity index (χ3n) is 4.35. The van der Waals surface area contributed by atoms with Crippen LogP contribution < -0.4 is 0 Å². The fourth-order valence-corrected chi connectivity index (χ4v) is 4.78. The summed E-state index contributed by atoms with van der Waals surface area (Å²) in [7, 11) is -3.63. The Morgan fingerprint density at radius 2 is 1.92 bits per heavy atom. The summed E-state index contributed by atoms with van der Waals surface area (Å²) in [5.74, 6) is -0.134. The minimum Gasteiger partial charge on any atom is -0.338 e. The van der Waals surface area contributed by atoms with Crippen molar-refractivity contribution < 1.29 is 22.5 Å². The number of likely N-dealkylation sites (tertiary alicyclic amines) is 1. The third kappa shape index (κ3) is 3.34. The average Bonchev–Trinajstić information content (AvgIpc) is 3.15. The molecule has 0 saturated carbocycles. The molecule has 2 saturated heterocycles. The number of hydrogen-bond acceptors (Lipinski definition) is 7. The van der Waals surface area contributed by atoms with E-state index in [-0.39, 0.29) is 24.1 Å². The van der Waals surface area contributed by atoms with E-state index in [2.05, 4.69) is 10.1 Å². The van der Waals surface area contributed by atoms with Crippen molar-refractivity contribution in [2.45, 2.75) is 45.1 Å². The lowest BCUT2D eigenvalue weighted by Gasteiger charge is -2.26. The maximum absolute atomic E-state index is 12.7. The first kappa shape index (κ1) is 17.0. The SMILES string of the molecule is Cc1noc(C2CCCN2S(=O)(=O)CCN2C(=O)CCCC2=O)n1. The van der Waals surface area contributed by atoms with Crippen molar-refractivity contribution in [2.75, 3.05) is 18.8 Å². The Morgan fingerprint density at radius 3 is 2.54 bits per heavy atom. The van der Waals surface area contributed by atoms with E-state index < -0.39 is 16.1 Å². The van der Waals surface area contributed by atoms with E-state index >= 15 is 0 Å². The molecule has 0 radical (unpaired) electrons. The van der Waals surface area contributed by atoms with Crippen LogP contribution in [0.15, 0.2) is 4.52 Å². The molecule has 0 aromatic carbocycles. The van der Waals surface area contributed by atoms with Gasteiger partial charge in [0.2, 0.25) is 27.7 Å². The van der Waals surface area contributed by atoms with Gasteiger partial charge in [0.25, 0.3) is 0 Å². The lowest BCUT2D eigenvalue weighted by atomic mass is 10.1. The van der Waals surface area contributed by atoms with Gasteiger partial charge in [0.15, 0.2) is 5.82 Å². The van der Waals surface area contributed by atoms with E-state index in [0.717, 1.165) is 4.90 Å². The summed E-state index contributed by atoms with van der Waals surface area (Å²) in [6.07, 6.45) is 2.43. The number of rotatable bonds is 5. The first-order valence-electron chi connectivity index (χ1n) is 8.01. The van der Waals surface area contributed by atoms with Crippen LogP contribution in [0.4, 0.5) is 0 Å². The smallest absolute Gasteiger partial charge is 0.245 e. The van der Waals surface area contributed by atoms with Crippen LogP contribution in [0.5, 0.6) is 0 Å². The summed E-state index contributed by atoms with van der Waals surface area (Å²) in [5, 5.41) is 3.71. The molecule has 24 heavy (non-hydrogen) atoms. The summed E-state index contributed by atoms with van der Waals surface area (Å²) >= 11 is 0. The predicted octanol–water partition coefficient (Wildman–Crippen LogP) is 0.384. The molecule has 1 unspecified atom stereocenters. The molecule has 1 aromatic heterocycles. The summed E-state index contributed by atoms with van der Waals surface area (Å²) in [4.78, 5) is 28.8. The van der Waals surface area contributed by atoms with Gasteiger partial charge in [-0.05, 0) is 26.2 Å². The number of sulfonamides is 1. The van der Waals surface area contributed by atoms with Crippen molar-refractivity contribution in [3.63, 3.8) is 0 Å². The highest BCUT2D eigenvalue weighted by atomic mass is 32.2. The normalized spacial score (nSPS) is 23.2. The average molecular weight is 356 g/mol. The van der Waals surface area contributed by atoms with Crippen LogP contribution in [0.2, 0.25) is 0 Å². The van der Waals surface area contributed by atoms with Crippen LogP contribution in [0.3, 0.4) is 0 Å². The van der Waals surface area contributed by atoms with Crippen molar-refractivity contribution in [2.24, 2.45) is 0 Å². The Labute approximate surface area is 140 Å². The Morgan fingerprint density at radius 1 is 1.21 bits per heavy atom. The van der Waals surface area contributed by atoms with E-state index in [9.17, 15) is 18.0 Å². The fraction of sp³-hybridized carbons (Fsp3) is 0.714. The van der Waals surface area contributed by atoms with Crippen molar-refractivity contribution in [3.05, 3.63) is 11.7 Å². The maximum Gasteiger partial charge on any atom is 0.245 e. The van der Waals surface area contributed by atoms with Gasteiger partial charge in [0.05, 0.1) is 5.75 Å². The second-order valence-electron chi connectivity index (χ2n) is 6.06. The van der Waals surface area contributed by atoms with Crippen LogP contribution in [0, 0.1) is 6.92 Å². The van der Waals surface area contributed by atoms with Gasteiger partial charge in [-0.25, -0.2) is 8.42 Å². The molecule has 9 nitrogen and oxygen atoms in total. The number of carbonyl (C=O) groups excluding carboxylic acids is 2. The number of aryl methyl sites for hydroxylation is 1. The molecule has 2 aliphatic rings. The zero-order chi connectivity index (χ0) is 17.3. The van der Waals surface area contributed by atoms with Crippen LogP contribution in [0.25, 0.3) is 0 Å². The largest absolute Gasteiger partial charge is 0.338 e. The number of hydrogen-bond donors (Lipinski definition) is 0. The molecule has 3 heterocycles. The van der Waals surface area contributed by atoms with Gasteiger partial charge in [-0.1, -0.05) is 5.16 Å². The van der Waals surface area contributed by atoms with Crippen LogP contribution >= 0.6 is 0 Å². The van der Waals surface area contributed by atoms with Crippen LogP contribution in [-0.2, 0) is 19.6 Å². The topological polar surface area (TPSA) is 114 Å². The molecule has 132 valence electrons. The molecule has 0 aliphatic carbocycles. The highest BCUT2D eigenvalue weighted by molar-refractivity contribution is 7.89. The second-order valence-corrected chi connectivity index (χ2v) is 8.10. The Bertz CT molecular complexity index is 728. The van der Waals surface area contributed by atoms with Gasteiger partial charge in [0.1, 0.15) is 6.04 Å². The van der Waals surface area contributed by atoms with E-state index in [1.807, 2.05) is 0 Å². The first-order valence-corrected chi connectivity index (χ1v) is 9.62. The number of carbonyl (C=O) groups is 2. The van der Waals surface area contributed by atoms with E-state index in [1.54, 1.807) is 6.92 Å². The minimum atomic E-state index is -3.63. The molecular weight excluding hydrogens is 336 g/mol. The molecule has 10 heteroatoms. The number of aromatic nitrogens is 2. The van der Waals surface area contributed by atoms with Crippen LogP contribution in [0.1, 0.15) is 49.9 Å². The van der Waals surface area contributed by atoms with Gasteiger partial charge < -0.3 is 4.52 Å². The number of imide groups is 1. The van der Waals surface area contributed by atoms with Crippen LogP contribution in [-0.4, -0.2) is 58.4 Å². The quantitative estimate of drug-likeness (QED) is 0.701. The van der Waals surface area contributed by atoms with Gasteiger partial charge in [0, 0.05) is 25.9 Å². The van der Waals surface area contributed by atoms with Gasteiger partial charge in [-0.2, -0.15) is 9.29 Å². The standard InChI is InChI=1S/C14H20N4O5S/c1-10-15-14(23-16-10)11-4-3-7-18(11)24(21,22)9-8-17-12(19)5-2-6-13(17)20/h11H,2-9H2,1H3. The van der Waals surface area contributed by atoms with E-state index in [0.29, 0.717) is 50.4 Å². The molecule has 3 rings (SSSR count). The predicted molar refractivity (Wildman–Crippen MR) is 82.1 cm³/mol. The Kier molecular flexibility index (Phi) is 4.68. The molecule has 0 N–H and O–H groups in total. The summed E-state index contributed by atoms with van der Waals surface area (Å²) in [5.41, 5.74) is 0. The molecular formula is C14H20N4O5S. The Hall–Kier alpha value is -1.81. The maximum atomic E-state index is 12.7. The first-order chi connectivity index (χ1) is 11.4. The van der Waals surface area contributed by atoms with E-state index in [1.165, 1.54) is 4.31 Å². The molecule has 0 bridgehead atoms. The lowest BCUT2D eigenvalue weighted by molar-refractivity contribution is -0.147. The summed E-state index contributed by atoms with van der Waals surface area (Å²) in [6, 6.07) is -0.469. The number of amides is 2. The van der Waals surface area contributed by atoms with Gasteiger partial charge >= 0.3 is 0 Å². The highest BCUT2D eigenvalue weighted by Crippen LogP contribution is 2.33. The van der Waals surface area contributed by atoms with Gasteiger partial charge in [-0.3, -0.25) is 14.5 Å².